The van der Waals surface area contributed by atoms with Crippen molar-refractivity contribution < 1.29 is 5.11 Å². The van der Waals surface area contributed by atoms with Crippen molar-refractivity contribution in [3.8, 4) is 0 Å². The van der Waals surface area contributed by atoms with E-state index in [1.54, 1.807) is 0 Å². The maximum atomic E-state index is 9.70. The van der Waals surface area contributed by atoms with E-state index >= 15 is 0 Å². The van der Waals surface area contributed by atoms with Crippen LogP contribution >= 0.6 is 0 Å². The smallest absolute Gasteiger partial charge is 0.109 e. The molecule has 106 valence electrons. The number of hydrogen-bond donors (Lipinski definition) is 2. The lowest BCUT2D eigenvalue weighted by atomic mass is 9.92. The SMILES string of the molecule is CCCc1nc2c(n1C1CCC(O)CC1)CCNC2. The van der Waals surface area contributed by atoms with Crippen molar-refractivity contribution in [3.05, 3.63) is 17.2 Å². The molecule has 0 aromatic carbocycles. The van der Waals surface area contributed by atoms with E-state index < -0.39 is 0 Å². The highest BCUT2D eigenvalue weighted by molar-refractivity contribution is 5.21. The first-order valence-corrected chi connectivity index (χ1v) is 7.77. The van der Waals surface area contributed by atoms with Gasteiger partial charge in [0.1, 0.15) is 5.82 Å². The minimum Gasteiger partial charge on any atom is -0.393 e. The molecule has 0 radical (unpaired) electrons. The summed E-state index contributed by atoms with van der Waals surface area (Å²) in [5.41, 5.74) is 2.73. The molecule has 0 amide bonds. The molecule has 4 heteroatoms. The van der Waals surface area contributed by atoms with Crippen LogP contribution in [0.4, 0.5) is 0 Å². The van der Waals surface area contributed by atoms with Crippen molar-refractivity contribution >= 4 is 0 Å². The minimum atomic E-state index is -0.0770. The van der Waals surface area contributed by atoms with Crippen LogP contribution in [0.5, 0.6) is 0 Å². The zero-order chi connectivity index (χ0) is 13.2. The number of aliphatic hydroxyl groups is 1. The summed E-state index contributed by atoms with van der Waals surface area (Å²) in [5.74, 6) is 1.28. The number of aliphatic hydroxyl groups excluding tert-OH is 1. The molecule has 2 aliphatic rings. The first-order chi connectivity index (χ1) is 9.29. The number of rotatable bonds is 3. The van der Waals surface area contributed by atoms with E-state index in [0.29, 0.717) is 6.04 Å². The van der Waals surface area contributed by atoms with E-state index in [4.69, 9.17) is 4.98 Å². The van der Waals surface area contributed by atoms with Gasteiger partial charge in [-0.15, -0.1) is 0 Å². The monoisotopic (exact) mass is 263 g/mol. The average Bonchev–Trinajstić information content (AvgIpc) is 2.78. The van der Waals surface area contributed by atoms with Crippen molar-refractivity contribution in [1.29, 1.82) is 0 Å². The van der Waals surface area contributed by atoms with Crippen molar-refractivity contribution in [2.75, 3.05) is 6.54 Å². The summed E-state index contributed by atoms with van der Waals surface area (Å²) in [7, 11) is 0. The van der Waals surface area contributed by atoms with E-state index in [2.05, 4.69) is 16.8 Å². The van der Waals surface area contributed by atoms with Gasteiger partial charge in [-0.25, -0.2) is 4.98 Å². The summed E-state index contributed by atoms with van der Waals surface area (Å²) in [5, 5.41) is 13.1. The van der Waals surface area contributed by atoms with Crippen LogP contribution in [0.15, 0.2) is 0 Å². The number of nitrogens with zero attached hydrogens (tertiary/aromatic N) is 2. The predicted molar refractivity (Wildman–Crippen MR) is 75.1 cm³/mol. The molecule has 1 fully saturated rings. The van der Waals surface area contributed by atoms with Gasteiger partial charge in [0.15, 0.2) is 0 Å². The van der Waals surface area contributed by atoms with Crippen LogP contribution in [-0.2, 0) is 19.4 Å². The Hall–Kier alpha value is -0.870. The summed E-state index contributed by atoms with van der Waals surface area (Å²) in [6, 6.07) is 0.569. The van der Waals surface area contributed by atoms with E-state index in [1.165, 1.54) is 17.2 Å². The molecule has 4 nitrogen and oxygen atoms in total. The topological polar surface area (TPSA) is 50.1 Å². The molecule has 1 aromatic heterocycles. The van der Waals surface area contributed by atoms with E-state index in [-0.39, 0.29) is 6.10 Å². The van der Waals surface area contributed by atoms with Gasteiger partial charge in [-0.3, -0.25) is 0 Å². The Labute approximate surface area is 115 Å². The second kappa shape index (κ2) is 5.63. The van der Waals surface area contributed by atoms with Crippen molar-refractivity contribution in [1.82, 2.24) is 14.9 Å². The predicted octanol–water partition coefficient (Wildman–Crippen LogP) is 1.96. The fourth-order valence-electron chi connectivity index (χ4n) is 3.54. The third-order valence-electron chi connectivity index (χ3n) is 4.50. The number of aryl methyl sites for hydroxylation is 1. The molecule has 0 saturated heterocycles. The molecule has 2 N–H and O–H groups in total. The van der Waals surface area contributed by atoms with Gasteiger partial charge in [0.25, 0.3) is 0 Å². The number of aromatic nitrogens is 2. The number of imidazole rings is 1. The third-order valence-corrected chi connectivity index (χ3v) is 4.50. The molecule has 1 aromatic rings. The van der Waals surface area contributed by atoms with Crippen molar-refractivity contribution in [2.45, 2.75) is 70.6 Å². The number of fused-ring (bicyclic) bond motifs is 1. The van der Waals surface area contributed by atoms with Gasteiger partial charge in [0, 0.05) is 37.7 Å². The van der Waals surface area contributed by atoms with Crippen LogP contribution in [0.2, 0.25) is 0 Å². The van der Waals surface area contributed by atoms with Crippen LogP contribution < -0.4 is 5.32 Å². The second-order valence-corrected chi connectivity index (χ2v) is 5.93. The van der Waals surface area contributed by atoms with Crippen LogP contribution in [0.1, 0.15) is 62.3 Å². The van der Waals surface area contributed by atoms with Crippen LogP contribution in [0.3, 0.4) is 0 Å². The Morgan fingerprint density at radius 3 is 2.84 bits per heavy atom. The summed E-state index contributed by atoms with van der Waals surface area (Å²) < 4.78 is 2.53. The maximum absolute atomic E-state index is 9.70. The summed E-state index contributed by atoms with van der Waals surface area (Å²) in [6.07, 6.45) is 7.35. The third kappa shape index (κ3) is 2.56. The summed E-state index contributed by atoms with van der Waals surface area (Å²) in [6.45, 7) is 4.22. The molecule has 0 bridgehead atoms. The van der Waals surface area contributed by atoms with Gasteiger partial charge < -0.3 is 15.0 Å². The van der Waals surface area contributed by atoms with Crippen molar-refractivity contribution in [3.63, 3.8) is 0 Å². The summed E-state index contributed by atoms with van der Waals surface area (Å²) >= 11 is 0. The molecular formula is C15H25N3O. The van der Waals surface area contributed by atoms with Gasteiger partial charge in [-0.2, -0.15) is 0 Å². The molecule has 2 heterocycles. The Bertz CT molecular complexity index is 433. The molecule has 1 saturated carbocycles. The Balaban J connectivity index is 1.91. The normalized spacial score (nSPS) is 27.3. The molecule has 0 atom stereocenters. The van der Waals surface area contributed by atoms with E-state index in [9.17, 15) is 5.11 Å². The molecule has 0 unspecified atom stereocenters. The lowest BCUT2D eigenvalue weighted by Gasteiger charge is -2.30. The van der Waals surface area contributed by atoms with Crippen molar-refractivity contribution in [2.24, 2.45) is 0 Å². The lowest BCUT2D eigenvalue weighted by molar-refractivity contribution is 0.109. The van der Waals surface area contributed by atoms with Gasteiger partial charge in [-0.1, -0.05) is 6.92 Å². The number of hydrogen-bond acceptors (Lipinski definition) is 3. The van der Waals surface area contributed by atoms with E-state index in [0.717, 1.165) is 58.0 Å². The average molecular weight is 263 g/mol. The molecular weight excluding hydrogens is 238 g/mol. The summed E-state index contributed by atoms with van der Waals surface area (Å²) in [4.78, 5) is 4.87. The zero-order valence-electron chi connectivity index (χ0n) is 11.9. The van der Waals surface area contributed by atoms with Gasteiger partial charge >= 0.3 is 0 Å². The highest BCUT2D eigenvalue weighted by atomic mass is 16.3. The molecule has 1 aliphatic carbocycles. The standard InChI is InChI=1S/C15H25N3O/c1-2-3-15-17-13-10-16-9-8-14(13)18(15)11-4-6-12(19)7-5-11/h11-12,16,19H,2-10H2,1H3. The minimum absolute atomic E-state index is 0.0770. The Kier molecular flexibility index (Phi) is 3.89. The van der Waals surface area contributed by atoms with Crippen LogP contribution in [-0.4, -0.2) is 27.3 Å². The number of nitrogens with one attached hydrogen (secondary N) is 1. The fraction of sp³-hybridized carbons (Fsp3) is 0.800. The molecule has 0 spiro atoms. The largest absolute Gasteiger partial charge is 0.393 e. The fourth-order valence-corrected chi connectivity index (χ4v) is 3.54. The second-order valence-electron chi connectivity index (χ2n) is 5.93. The molecule has 19 heavy (non-hydrogen) atoms. The Morgan fingerprint density at radius 1 is 1.32 bits per heavy atom. The maximum Gasteiger partial charge on any atom is 0.109 e. The van der Waals surface area contributed by atoms with Crippen LogP contribution in [0, 0.1) is 0 Å². The lowest BCUT2D eigenvalue weighted by Crippen LogP contribution is -2.28. The first-order valence-electron chi connectivity index (χ1n) is 7.77. The van der Waals surface area contributed by atoms with Gasteiger partial charge in [0.05, 0.1) is 11.8 Å². The Morgan fingerprint density at radius 2 is 2.11 bits per heavy atom. The highest BCUT2D eigenvalue weighted by Gasteiger charge is 2.27. The van der Waals surface area contributed by atoms with Crippen LogP contribution in [0.25, 0.3) is 0 Å². The highest BCUT2D eigenvalue weighted by Crippen LogP contribution is 2.32. The van der Waals surface area contributed by atoms with Gasteiger partial charge in [0.2, 0.25) is 0 Å². The zero-order valence-corrected chi connectivity index (χ0v) is 11.9. The molecule has 1 aliphatic heterocycles. The van der Waals surface area contributed by atoms with E-state index in [1.807, 2.05) is 0 Å². The molecule has 3 rings (SSSR count). The first kappa shape index (κ1) is 13.1. The quantitative estimate of drug-likeness (QED) is 0.876. The van der Waals surface area contributed by atoms with Gasteiger partial charge in [-0.05, 0) is 32.1 Å².